The van der Waals surface area contributed by atoms with Crippen LogP contribution >= 0.6 is 15.9 Å². The van der Waals surface area contributed by atoms with Gasteiger partial charge < -0.3 is 10.4 Å². The topological polar surface area (TPSA) is 79.3 Å². The van der Waals surface area contributed by atoms with Gasteiger partial charge in [-0.15, -0.1) is 0 Å². The average molecular weight is 341 g/mol. The molecule has 1 aromatic heterocycles. The van der Waals surface area contributed by atoms with Crippen LogP contribution in [0, 0.1) is 5.92 Å². The molecule has 0 aliphatic heterocycles. The van der Waals surface area contributed by atoms with Gasteiger partial charge in [0.2, 0.25) is 0 Å². The molecule has 1 aromatic rings. The minimum atomic E-state index is -0.851. The lowest BCUT2D eigenvalue weighted by atomic mass is 9.74. The number of pyridine rings is 1. The third-order valence-electron chi connectivity index (χ3n) is 3.87. The number of hydrogen-bond donors (Lipinski definition) is 2. The van der Waals surface area contributed by atoms with Gasteiger partial charge in [0.25, 0.3) is 5.91 Å². The molecule has 108 valence electrons. The van der Waals surface area contributed by atoms with E-state index in [1.165, 1.54) is 0 Å². The lowest BCUT2D eigenvalue weighted by Gasteiger charge is -2.39. The lowest BCUT2D eigenvalue weighted by molar-refractivity contribution is -0.145. The summed E-state index contributed by atoms with van der Waals surface area (Å²) in [5, 5.41) is 12.2. The summed E-state index contributed by atoms with van der Waals surface area (Å²) in [5.74, 6) is -1.72. The Morgan fingerprint density at radius 3 is 2.80 bits per heavy atom. The number of carbonyl (C=O) groups is 2. The van der Waals surface area contributed by atoms with Crippen molar-refractivity contribution in [2.45, 2.75) is 38.1 Å². The molecule has 0 bridgehead atoms. The van der Waals surface area contributed by atoms with Gasteiger partial charge >= 0.3 is 5.97 Å². The standard InChI is InChI=1S/C14H17BrN2O3/c1-14(7-3-2-4-10(14)13(19)20)17-12(18)11-6-5-9(15)8-16-11/h5-6,8,10H,2-4,7H2,1H3,(H,17,18)(H,19,20). The van der Waals surface area contributed by atoms with Gasteiger partial charge in [-0.1, -0.05) is 12.8 Å². The van der Waals surface area contributed by atoms with Crippen LogP contribution in [0.3, 0.4) is 0 Å². The van der Waals surface area contributed by atoms with Crippen LogP contribution < -0.4 is 5.32 Å². The number of aliphatic carboxylic acids is 1. The molecule has 2 rings (SSSR count). The maximum atomic E-state index is 12.2. The van der Waals surface area contributed by atoms with Crippen LogP contribution in [-0.2, 0) is 4.79 Å². The molecule has 0 saturated heterocycles. The zero-order chi connectivity index (χ0) is 14.8. The number of nitrogens with one attached hydrogen (secondary N) is 1. The second-order valence-corrected chi connectivity index (χ2v) is 6.29. The zero-order valence-electron chi connectivity index (χ0n) is 11.2. The lowest BCUT2D eigenvalue weighted by Crippen LogP contribution is -2.55. The van der Waals surface area contributed by atoms with Gasteiger partial charge in [0.1, 0.15) is 5.69 Å². The highest BCUT2D eigenvalue weighted by Gasteiger charge is 2.42. The molecule has 1 aliphatic rings. The van der Waals surface area contributed by atoms with Crippen LogP contribution in [0.25, 0.3) is 0 Å². The summed E-state index contributed by atoms with van der Waals surface area (Å²) in [4.78, 5) is 27.6. The fourth-order valence-corrected chi connectivity index (χ4v) is 2.95. The van der Waals surface area contributed by atoms with E-state index in [-0.39, 0.29) is 5.91 Å². The SMILES string of the molecule is CC1(NC(=O)c2ccc(Br)cn2)CCCCC1C(=O)O. The number of rotatable bonds is 3. The van der Waals surface area contributed by atoms with Crippen molar-refractivity contribution >= 4 is 27.8 Å². The first-order chi connectivity index (χ1) is 9.42. The third kappa shape index (κ3) is 3.17. The van der Waals surface area contributed by atoms with E-state index >= 15 is 0 Å². The fraction of sp³-hybridized carbons (Fsp3) is 0.500. The Bertz CT molecular complexity index is 518. The summed E-state index contributed by atoms with van der Waals surface area (Å²) in [6.07, 6.45) is 4.63. The average Bonchev–Trinajstić information content (AvgIpc) is 2.39. The molecule has 1 amide bonds. The van der Waals surface area contributed by atoms with E-state index in [0.717, 1.165) is 17.3 Å². The van der Waals surface area contributed by atoms with Crippen LogP contribution in [-0.4, -0.2) is 27.5 Å². The first kappa shape index (κ1) is 15.0. The molecule has 0 aromatic carbocycles. The summed E-state index contributed by atoms with van der Waals surface area (Å²) in [6, 6.07) is 3.35. The molecular weight excluding hydrogens is 324 g/mol. The highest BCUT2D eigenvalue weighted by molar-refractivity contribution is 9.10. The fourth-order valence-electron chi connectivity index (χ4n) is 2.71. The summed E-state index contributed by atoms with van der Waals surface area (Å²) < 4.78 is 0.793. The number of carboxylic acids is 1. The van der Waals surface area contributed by atoms with E-state index in [0.29, 0.717) is 18.5 Å². The second kappa shape index (κ2) is 5.91. The van der Waals surface area contributed by atoms with Crippen molar-refractivity contribution in [2.24, 2.45) is 5.92 Å². The first-order valence-electron chi connectivity index (χ1n) is 6.59. The first-order valence-corrected chi connectivity index (χ1v) is 7.38. The molecule has 2 unspecified atom stereocenters. The normalized spacial score (nSPS) is 26.0. The number of carbonyl (C=O) groups excluding carboxylic acids is 1. The zero-order valence-corrected chi connectivity index (χ0v) is 12.8. The summed E-state index contributed by atoms with van der Waals surface area (Å²) in [6.45, 7) is 1.81. The molecular formula is C14H17BrN2O3. The molecule has 1 aliphatic carbocycles. The van der Waals surface area contributed by atoms with E-state index in [9.17, 15) is 14.7 Å². The van der Waals surface area contributed by atoms with Crippen molar-refractivity contribution in [1.82, 2.24) is 10.3 Å². The molecule has 20 heavy (non-hydrogen) atoms. The van der Waals surface area contributed by atoms with E-state index in [2.05, 4.69) is 26.2 Å². The van der Waals surface area contributed by atoms with Crippen LogP contribution in [0.2, 0.25) is 0 Å². The van der Waals surface area contributed by atoms with Crippen molar-refractivity contribution < 1.29 is 14.7 Å². The van der Waals surface area contributed by atoms with Gasteiger partial charge in [-0.25, -0.2) is 4.98 Å². The summed E-state index contributed by atoms with van der Waals surface area (Å²) in [5.41, 5.74) is -0.417. The van der Waals surface area contributed by atoms with E-state index in [4.69, 9.17) is 0 Å². The Balaban J connectivity index is 2.15. The molecule has 1 saturated carbocycles. The molecule has 6 heteroatoms. The quantitative estimate of drug-likeness (QED) is 0.886. The van der Waals surface area contributed by atoms with Gasteiger partial charge in [-0.05, 0) is 47.8 Å². The van der Waals surface area contributed by atoms with E-state index in [1.807, 2.05) is 6.92 Å². The maximum Gasteiger partial charge on any atom is 0.308 e. The van der Waals surface area contributed by atoms with Crippen molar-refractivity contribution in [1.29, 1.82) is 0 Å². The van der Waals surface area contributed by atoms with Gasteiger partial charge in [0.05, 0.1) is 11.5 Å². The Morgan fingerprint density at radius 1 is 1.45 bits per heavy atom. The van der Waals surface area contributed by atoms with Crippen LogP contribution in [0.5, 0.6) is 0 Å². The number of halogens is 1. The largest absolute Gasteiger partial charge is 0.481 e. The summed E-state index contributed by atoms with van der Waals surface area (Å²) >= 11 is 3.26. The Labute approximate surface area is 125 Å². The van der Waals surface area contributed by atoms with Gasteiger partial charge in [-0.3, -0.25) is 9.59 Å². The molecule has 5 nitrogen and oxygen atoms in total. The molecule has 2 N–H and O–H groups in total. The third-order valence-corrected chi connectivity index (χ3v) is 4.33. The maximum absolute atomic E-state index is 12.2. The number of hydrogen-bond acceptors (Lipinski definition) is 3. The number of nitrogens with zero attached hydrogens (tertiary/aromatic N) is 1. The summed E-state index contributed by atoms with van der Waals surface area (Å²) in [7, 11) is 0. The Hall–Kier alpha value is -1.43. The number of aromatic nitrogens is 1. The van der Waals surface area contributed by atoms with Crippen molar-refractivity contribution in [3.8, 4) is 0 Å². The molecule has 0 radical (unpaired) electrons. The smallest absolute Gasteiger partial charge is 0.308 e. The predicted octanol–water partition coefficient (Wildman–Crippen LogP) is 2.61. The molecule has 1 fully saturated rings. The number of amides is 1. The van der Waals surface area contributed by atoms with E-state index < -0.39 is 17.4 Å². The van der Waals surface area contributed by atoms with Gasteiger partial charge in [-0.2, -0.15) is 0 Å². The molecule has 1 heterocycles. The monoisotopic (exact) mass is 340 g/mol. The van der Waals surface area contributed by atoms with Crippen LogP contribution in [0.4, 0.5) is 0 Å². The number of carboxylic acid groups (broad SMARTS) is 1. The van der Waals surface area contributed by atoms with E-state index in [1.54, 1.807) is 18.3 Å². The predicted molar refractivity (Wildman–Crippen MR) is 77.4 cm³/mol. The Kier molecular flexibility index (Phi) is 4.42. The second-order valence-electron chi connectivity index (χ2n) is 5.37. The van der Waals surface area contributed by atoms with Crippen molar-refractivity contribution in [3.05, 3.63) is 28.5 Å². The molecule has 2 atom stereocenters. The van der Waals surface area contributed by atoms with Crippen LogP contribution in [0.15, 0.2) is 22.8 Å². The minimum Gasteiger partial charge on any atom is -0.481 e. The van der Waals surface area contributed by atoms with Gasteiger partial charge in [0, 0.05) is 10.7 Å². The highest BCUT2D eigenvalue weighted by Crippen LogP contribution is 2.34. The van der Waals surface area contributed by atoms with Crippen molar-refractivity contribution in [3.63, 3.8) is 0 Å². The van der Waals surface area contributed by atoms with Crippen molar-refractivity contribution in [2.75, 3.05) is 0 Å². The molecule has 0 spiro atoms. The minimum absolute atomic E-state index is 0.295. The Morgan fingerprint density at radius 2 is 2.20 bits per heavy atom. The highest BCUT2D eigenvalue weighted by atomic mass is 79.9. The van der Waals surface area contributed by atoms with Crippen LogP contribution in [0.1, 0.15) is 43.1 Å². The van der Waals surface area contributed by atoms with Gasteiger partial charge in [0.15, 0.2) is 0 Å².